The van der Waals surface area contributed by atoms with E-state index in [1.54, 1.807) is 29.0 Å². The fraction of sp³-hybridized carbons (Fsp3) is 0.300. The van der Waals surface area contributed by atoms with Gasteiger partial charge in [-0.1, -0.05) is 162 Å². The number of rotatable bonds is 6. The third-order valence-electron chi connectivity index (χ3n) is 12.7. The number of hydrogen-bond donors (Lipinski definition) is 2. The zero-order valence-corrected chi connectivity index (χ0v) is 48.5. The molecule has 70 heavy (non-hydrogen) atoms. The second kappa shape index (κ2) is 19.3. The number of phenolic OH excluding ortho intramolecular Hbond substituents is 2. The molecule has 6 nitrogen and oxygen atoms in total. The molecule has 0 radical (unpaired) electrons. The van der Waals surface area contributed by atoms with Gasteiger partial charge in [-0.3, -0.25) is 9.97 Å². The van der Waals surface area contributed by atoms with Gasteiger partial charge in [-0.05, 0) is 57.1 Å². The largest absolute Gasteiger partial charge is 0.507 e. The number of phenols is 2. The molecule has 10 heteroatoms. The first-order valence-corrected chi connectivity index (χ1v) is 24.9. The van der Waals surface area contributed by atoms with Gasteiger partial charge >= 0.3 is 0 Å². The molecule has 0 aliphatic heterocycles. The third kappa shape index (κ3) is 10.4. The number of benzene rings is 6. The second-order valence-corrected chi connectivity index (χ2v) is 24.5. The Morgan fingerprint density at radius 2 is 0.814 bits per heavy atom. The summed E-state index contributed by atoms with van der Waals surface area (Å²) in [5.41, 5.74) is 15.8. The second-order valence-electron chi connectivity index (χ2n) is 22.4. The summed E-state index contributed by atoms with van der Waals surface area (Å²) in [7, 11) is 0. The average Bonchev–Trinajstić information content (AvgIpc) is 3.90. The summed E-state index contributed by atoms with van der Waals surface area (Å²) in [5, 5.41) is 25.1. The van der Waals surface area contributed by atoms with Crippen molar-refractivity contribution in [2.45, 2.75) is 119 Å². The van der Waals surface area contributed by atoms with Crippen molar-refractivity contribution in [1.82, 2.24) is 19.9 Å². The third-order valence-corrected chi connectivity index (χ3v) is 14.8. The molecule has 0 unspecified atom stereocenters. The molecule has 0 spiro atoms. The predicted molar refractivity (Wildman–Crippen MR) is 286 cm³/mol. The Morgan fingerprint density at radius 3 is 1.17 bits per heavy atom. The van der Waals surface area contributed by atoms with Crippen LogP contribution < -0.4 is 0 Å². The van der Waals surface area contributed by atoms with Crippen molar-refractivity contribution in [1.29, 1.82) is 0 Å². The Kier molecular flexibility index (Phi) is 14.6. The molecule has 9 aromatic rings. The van der Waals surface area contributed by atoms with Crippen molar-refractivity contribution in [2.75, 3.05) is 0 Å². The van der Waals surface area contributed by atoms with E-state index >= 15 is 0 Å². The van der Waals surface area contributed by atoms with Crippen LogP contribution in [0, 0.1) is 26.0 Å². The molecule has 0 amide bonds. The van der Waals surface area contributed by atoms with Crippen LogP contribution in [0.4, 0.5) is 0 Å². The van der Waals surface area contributed by atoms with Crippen LogP contribution in [0.25, 0.3) is 86.3 Å². The number of aromatic nitrogens is 4. The van der Waals surface area contributed by atoms with E-state index in [0.29, 0.717) is 0 Å². The SMILES string of the molecule is Cc1cc(-c2cc(-c3[c-]c(-c4cccc5sc(-c6cc(C(C)(C)C)cc(C(C)(C)C)c6O)nc45)cc(C)c3)ncn2)[c-]c(-c2cccc3sc(-c4cc(C(C)(C)C)cc(C(C)(C)C)c4O)nc23)c1.[Pt].[Pt]. The first kappa shape index (κ1) is 53.0. The van der Waals surface area contributed by atoms with Gasteiger partial charge in [-0.15, -0.1) is 81.3 Å². The van der Waals surface area contributed by atoms with Crippen molar-refractivity contribution in [3.05, 3.63) is 143 Å². The Morgan fingerprint density at radius 1 is 0.443 bits per heavy atom. The molecule has 9 rings (SSSR count). The smallest absolute Gasteiger partial charge is 0.129 e. The molecule has 0 aliphatic rings. The molecule has 3 aromatic heterocycles. The standard InChI is InChI=1S/C60H60N4O2S2.2Pt/c1-33-21-35(41-17-15-19-49-51(41)63-55(67-49)43-27-39(57(3,4)5)29-45(53(43)65)59(9,10)11)25-37(23-33)47-31-48(62-32-61-47)38-24-34(2)22-36(26-38)42-18-16-20-50-52(42)64-56(68-50)44-28-40(58(6,7)8)30-46(54(44)66)60(12,13)14;;/h15-24,27-32,65-66H,1-14H3;;/q-2;;. The molecular formula is C60H60N4O2Pt2S2-2. The summed E-state index contributed by atoms with van der Waals surface area (Å²) in [6, 6.07) is 39.0. The Balaban J connectivity index is 0.00000361. The Labute approximate surface area is 450 Å². The molecule has 0 saturated carbocycles. The van der Waals surface area contributed by atoms with E-state index in [9.17, 15) is 10.2 Å². The molecule has 6 aromatic carbocycles. The van der Waals surface area contributed by atoms with Crippen LogP contribution in [-0.4, -0.2) is 30.1 Å². The molecular weight excluding hydrogens is 1260 g/mol. The van der Waals surface area contributed by atoms with E-state index in [1.165, 1.54) is 0 Å². The van der Waals surface area contributed by atoms with Crippen molar-refractivity contribution in [3.8, 4) is 77.4 Å². The van der Waals surface area contributed by atoms with E-state index in [4.69, 9.17) is 19.9 Å². The molecule has 2 N–H and O–H groups in total. The molecule has 0 atom stereocenters. The number of aromatic hydroxyl groups is 2. The monoisotopic (exact) mass is 1320 g/mol. The zero-order valence-electron chi connectivity index (χ0n) is 42.4. The molecule has 3 heterocycles. The molecule has 0 aliphatic carbocycles. The van der Waals surface area contributed by atoms with E-state index in [2.05, 4.69) is 194 Å². The summed E-state index contributed by atoms with van der Waals surface area (Å²) in [5.74, 6) is 0.576. The summed E-state index contributed by atoms with van der Waals surface area (Å²) >= 11 is 3.20. The number of nitrogens with zero attached hydrogens (tertiary/aromatic N) is 4. The fourth-order valence-corrected chi connectivity index (χ4v) is 10.8. The van der Waals surface area contributed by atoms with Gasteiger partial charge in [-0.2, -0.15) is 0 Å². The number of aryl methyl sites for hydroxylation is 2. The molecule has 0 fully saturated rings. The van der Waals surface area contributed by atoms with Crippen LogP contribution in [0.2, 0.25) is 0 Å². The van der Waals surface area contributed by atoms with E-state index in [-0.39, 0.29) is 75.3 Å². The molecule has 0 saturated heterocycles. The van der Waals surface area contributed by atoms with Gasteiger partial charge in [0, 0.05) is 74.0 Å². The van der Waals surface area contributed by atoms with Crippen LogP contribution >= 0.6 is 22.7 Å². The van der Waals surface area contributed by atoms with E-state index < -0.39 is 0 Å². The van der Waals surface area contributed by atoms with Crippen LogP contribution in [0.15, 0.2) is 97.3 Å². The minimum absolute atomic E-state index is 0. The summed E-state index contributed by atoms with van der Waals surface area (Å²) in [4.78, 5) is 20.1. The maximum absolute atomic E-state index is 11.8. The van der Waals surface area contributed by atoms with Gasteiger partial charge in [0.25, 0.3) is 0 Å². The van der Waals surface area contributed by atoms with Gasteiger partial charge < -0.3 is 10.2 Å². The van der Waals surface area contributed by atoms with Gasteiger partial charge in [-0.25, -0.2) is 9.97 Å². The number of fused-ring (bicyclic) bond motifs is 2. The predicted octanol–water partition coefficient (Wildman–Crippen LogP) is 16.5. The first-order chi connectivity index (χ1) is 31.8. The van der Waals surface area contributed by atoms with Gasteiger partial charge in [0.2, 0.25) is 0 Å². The Hall–Kier alpha value is -4.84. The fourth-order valence-electron chi connectivity index (χ4n) is 8.81. The number of thiazole rings is 2. The molecule has 366 valence electrons. The Bertz CT molecular complexity index is 3230. The van der Waals surface area contributed by atoms with Crippen LogP contribution in [0.5, 0.6) is 11.5 Å². The van der Waals surface area contributed by atoms with Crippen molar-refractivity contribution in [2.24, 2.45) is 0 Å². The summed E-state index contributed by atoms with van der Waals surface area (Å²) in [6.07, 6.45) is 1.62. The van der Waals surface area contributed by atoms with Gasteiger partial charge in [0.1, 0.15) is 21.5 Å². The summed E-state index contributed by atoms with van der Waals surface area (Å²) < 4.78 is 2.07. The molecule has 0 bridgehead atoms. The maximum Gasteiger partial charge on any atom is 0.129 e. The number of para-hydroxylation sites is 2. The van der Waals surface area contributed by atoms with Gasteiger partial charge in [0.15, 0.2) is 0 Å². The minimum Gasteiger partial charge on any atom is -0.507 e. The van der Waals surface area contributed by atoms with Crippen LogP contribution in [-0.2, 0) is 63.8 Å². The quantitative estimate of drug-likeness (QED) is 0.161. The average molecular weight is 1320 g/mol. The van der Waals surface area contributed by atoms with Crippen molar-refractivity contribution >= 4 is 43.1 Å². The maximum atomic E-state index is 11.8. The minimum atomic E-state index is -0.250. The van der Waals surface area contributed by atoms with E-state index in [0.717, 1.165) is 120 Å². The van der Waals surface area contributed by atoms with E-state index in [1.807, 2.05) is 6.07 Å². The normalized spacial score (nSPS) is 12.3. The van der Waals surface area contributed by atoms with Crippen molar-refractivity contribution < 1.29 is 52.3 Å². The van der Waals surface area contributed by atoms with Crippen molar-refractivity contribution in [3.63, 3.8) is 0 Å². The topological polar surface area (TPSA) is 92.0 Å². The summed E-state index contributed by atoms with van der Waals surface area (Å²) in [6.45, 7) is 30.3. The first-order valence-electron chi connectivity index (χ1n) is 23.3. The van der Waals surface area contributed by atoms with Crippen LogP contribution in [0.1, 0.15) is 116 Å². The van der Waals surface area contributed by atoms with Crippen LogP contribution in [0.3, 0.4) is 0 Å². The zero-order chi connectivity index (χ0) is 48.8. The number of hydrogen-bond acceptors (Lipinski definition) is 8. The van der Waals surface area contributed by atoms with Gasteiger partial charge in [0.05, 0.1) is 28.5 Å².